The number of ether oxygens (including phenoxy) is 1. The van der Waals surface area contributed by atoms with E-state index in [1.807, 2.05) is 0 Å². The topological polar surface area (TPSA) is 43.4 Å². The van der Waals surface area contributed by atoms with Crippen LogP contribution in [0.15, 0.2) is 17.7 Å². The van der Waals surface area contributed by atoms with Crippen LogP contribution in [0.25, 0.3) is 6.08 Å². The van der Waals surface area contributed by atoms with Crippen molar-refractivity contribution < 1.29 is 27.5 Å². The predicted octanol–water partition coefficient (Wildman–Crippen LogP) is 2.25. The van der Waals surface area contributed by atoms with Gasteiger partial charge in [-0.05, 0) is 19.1 Å². The molecular weight excluding hydrogens is 249 g/mol. The lowest BCUT2D eigenvalue weighted by Gasteiger charge is -2.03. The average Bonchev–Trinajstić information content (AvgIpc) is 2.30. The first-order chi connectivity index (χ1) is 8.36. The second kappa shape index (κ2) is 5.48. The van der Waals surface area contributed by atoms with E-state index >= 15 is 0 Å². The number of halogens is 3. The number of Topliss-reactive ketones (excluding diaryl/α,β-unsaturated/α-hetero) is 1. The minimum absolute atomic E-state index is 0.330. The molecule has 0 aliphatic carbocycles. The number of carbonyl (C=O) groups is 2. The molecule has 0 spiro atoms. The van der Waals surface area contributed by atoms with E-state index in [1.54, 1.807) is 0 Å². The number of benzene rings is 1. The van der Waals surface area contributed by atoms with Gasteiger partial charge in [-0.3, -0.25) is 4.79 Å². The summed E-state index contributed by atoms with van der Waals surface area (Å²) in [7, 11) is 1.04. The summed E-state index contributed by atoms with van der Waals surface area (Å²) in [6.45, 7) is 1.07. The molecule has 0 bridgehead atoms. The summed E-state index contributed by atoms with van der Waals surface area (Å²) in [5.74, 6) is -5.38. The van der Waals surface area contributed by atoms with Crippen molar-refractivity contribution in [2.75, 3.05) is 7.11 Å². The third-order valence-corrected chi connectivity index (χ3v) is 2.12. The Bertz CT molecular complexity index is 536. The Labute approximate surface area is 101 Å². The third kappa shape index (κ3) is 2.97. The van der Waals surface area contributed by atoms with E-state index in [1.165, 1.54) is 0 Å². The Morgan fingerprint density at radius 2 is 1.67 bits per heavy atom. The second-order valence-corrected chi connectivity index (χ2v) is 3.39. The zero-order chi connectivity index (χ0) is 13.9. The van der Waals surface area contributed by atoms with Gasteiger partial charge in [0.25, 0.3) is 0 Å². The minimum Gasteiger partial charge on any atom is -0.465 e. The molecule has 0 fully saturated rings. The molecule has 1 aromatic carbocycles. The second-order valence-electron chi connectivity index (χ2n) is 3.39. The predicted molar refractivity (Wildman–Crippen MR) is 57.0 cm³/mol. The summed E-state index contributed by atoms with van der Waals surface area (Å²) >= 11 is 0. The van der Waals surface area contributed by atoms with Gasteiger partial charge < -0.3 is 4.74 Å². The van der Waals surface area contributed by atoms with Gasteiger partial charge in [-0.15, -0.1) is 0 Å². The number of hydrogen-bond acceptors (Lipinski definition) is 3. The van der Waals surface area contributed by atoms with Crippen LogP contribution in [0.5, 0.6) is 0 Å². The van der Waals surface area contributed by atoms with Crippen molar-refractivity contribution in [3.05, 3.63) is 40.7 Å². The Morgan fingerprint density at radius 1 is 1.11 bits per heavy atom. The molecule has 96 valence electrons. The summed E-state index contributed by atoms with van der Waals surface area (Å²) in [4.78, 5) is 22.4. The molecule has 0 amide bonds. The molecule has 0 heterocycles. The molecule has 0 N–H and O–H groups in total. The molecule has 3 nitrogen and oxygen atoms in total. The first-order valence-corrected chi connectivity index (χ1v) is 4.82. The highest BCUT2D eigenvalue weighted by Crippen LogP contribution is 2.17. The van der Waals surface area contributed by atoms with Crippen molar-refractivity contribution in [2.24, 2.45) is 0 Å². The van der Waals surface area contributed by atoms with Gasteiger partial charge in [-0.1, -0.05) is 0 Å². The lowest BCUT2D eigenvalue weighted by atomic mass is 10.1. The molecular formula is C12H9F3O3. The van der Waals surface area contributed by atoms with E-state index in [4.69, 9.17) is 0 Å². The lowest BCUT2D eigenvalue weighted by molar-refractivity contribution is -0.137. The average molecular weight is 258 g/mol. The Balaban J connectivity index is 3.33. The van der Waals surface area contributed by atoms with E-state index in [2.05, 4.69) is 4.74 Å². The van der Waals surface area contributed by atoms with E-state index < -0.39 is 40.3 Å². The molecule has 0 atom stereocenters. The van der Waals surface area contributed by atoms with E-state index in [-0.39, 0.29) is 0 Å². The van der Waals surface area contributed by atoms with Gasteiger partial charge in [0.1, 0.15) is 11.4 Å². The van der Waals surface area contributed by atoms with E-state index in [0.717, 1.165) is 20.1 Å². The fourth-order valence-corrected chi connectivity index (χ4v) is 1.22. The summed E-state index contributed by atoms with van der Waals surface area (Å²) in [5.41, 5.74) is -0.869. The Kier molecular flexibility index (Phi) is 4.25. The van der Waals surface area contributed by atoms with Crippen molar-refractivity contribution in [3.8, 4) is 0 Å². The Hall–Kier alpha value is -2.11. The summed E-state index contributed by atoms with van der Waals surface area (Å²) < 4.78 is 43.2. The maximum atomic E-state index is 13.3. The van der Waals surface area contributed by atoms with Gasteiger partial charge in [0.2, 0.25) is 0 Å². The van der Waals surface area contributed by atoms with Crippen LogP contribution in [-0.4, -0.2) is 18.9 Å². The van der Waals surface area contributed by atoms with Crippen LogP contribution in [0.2, 0.25) is 0 Å². The highest BCUT2D eigenvalue weighted by Gasteiger charge is 2.17. The van der Waals surface area contributed by atoms with Gasteiger partial charge in [0.05, 0.1) is 7.11 Å². The van der Waals surface area contributed by atoms with E-state index in [0.29, 0.717) is 12.1 Å². The number of methoxy groups -OCH3 is 1. The molecule has 0 aliphatic heterocycles. The summed E-state index contributed by atoms with van der Waals surface area (Å²) in [5, 5.41) is 0. The fourth-order valence-electron chi connectivity index (χ4n) is 1.22. The van der Waals surface area contributed by atoms with Crippen molar-refractivity contribution in [2.45, 2.75) is 6.92 Å². The molecule has 1 rings (SSSR count). The van der Waals surface area contributed by atoms with Crippen LogP contribution in [-0.2, 0) is 14.3 Å². The fraction of sp³-hybridized carbons (Fsp3) is 0.167. The van der Waals surface area contributed by atoms with Crippen molar-refractivity contribution in [3.63, 3.8) is 0 Å². The van der Waals surface area contributed by atoms with Gasteiger partial charge in [0, 0.05) is 11.6 Å². The molecule has 6 heteroatoms. The normalized spacial score (nSPS) is 11.3. The highest BCUT2D eigenvalue weighted by molar-refractivity contribution is 6.19. The number of hydrogen-bond donors (Lipinski definition) is 0. The van der Waals surface area contributed by atoms with Gasteiger partial charge in [0.15, 0.2) is 17.4 Å². The van der Waals surface area contributed by atoms with Crippen LogP contribution < -0.4 is 0 Å². The van der Waals surface area contributed by atoms with Crippen LogP contribution in [0, 0.1) is 17.5 Å². The standard InChI is InChI=1S/C12H9F3O3/c1-6(16)8(12(17)18-2)3-7-4-10(14)11(15)5-9(7)13/h3-5H,1-2H3/b8-3-. The number of carbonyl (C=O) groups excluding carboxylic acids is 2. The molecule has 0 saturated heterocycles. The molecule has 18 heavy (non-hydrogen) atoms. The monoisotopic (exact) mass is 258 g/mol. The SMILES string of the molecule is COC(=O)/C(=C\c1cc(F)c(F)cc1F)C(C)=O. The molecule has 1 aromatic rings. The quantitative estimate of drug-likeness (QED) is 0.274. The number of esters is 1. The largest absolute Gasteiger partial charge is 0.465 e. The molecule has 0 radical (unpaired) electrons. The minimum atomic E-state index is -1.35. The highest BCUT2D eigenvalue weighted by atomic mass is 19.2. The molecule has 0 unspecified atom stereocenters. The van der Waals surface area contributed by atoms with Crippen LogP contribution in [0.4, 0.5) is 13.2 Å². The van der Waals surface area contributed by atoms with Gasteiger partial charge in [-0.25, -0.2) is 18.0 Å². The zero-order valence-electron chi connectivity index (χ0n) is 9.59. The van der Waals surface area contributed by atoms with Crippen LogP contribution in [0.3, 0.4) is 0 Å². The van der Waals surface area contributed by atoms with Crippen LogP contribution >= 0.6 is 0 Å². The number of rotatable bonds is 3. The summed E-state index contributed by atoms with van der Waals surface area (Å²) in [6, 6.07) is 0.882. The van der Waals surface area contributed by atoms with Crippen molar-refractivity contribution in [1.29, 1.82) is 0 Å². The zero-order valence-corrected chi connectivity index (χ0v) is 9.59. The first kappa shape index (κ1) is 14.0. The van der Waals surface area contributed by atoms with Gasteiger partial charge >= 0.3 is 5.97 Å². The summed E-state index contributed by atoms with van der Waals surface area (Å²) in [6.07, 6.45) is 0.812. The maximum Gasteiger partial charge on any atom is 0.341 e. The first-order valence-electron chi connectivity index (χ1n) is 4.82. The molecule has 0 saturated carbocycles. The maximum absolute atomic E-state index is 13.3. The molecule has 0 aromatic heterocycles. The van der Waals surface area contributed by atoms with E-state index in [9.17, 15) is 22.8 Å². The molecule has 0 aliphatic rings. The lowest BCUT2D eigenvalue weighted by Crippen LogP contribution is -2.11. The van der Waals surface area contributed by atoms with Gasteiger partial charge in [-0.2, -0.15) is 0 Å². The van der Waals surface area contributed by atoms with Crippen molar-refractivity contribution in [1.82, 2.24) is 0 Å². The van der Waals surface area contributed by atoms with Crippen molar-refractivity contribution >= 4 is 17.8 Å². The third-order valence-electron chi connectivity index (χ3n) is 2.12. The van der Waals surface area contributed by atoms with Crippen LogP contribution in [0.1, 0.15) is 12.5 Å². The smallest absolute Gasteiger partial charge is 0.341 e. The Morgan fingerprint density at radius 3 is 2.17 bits per heavy atom. The number of ketones is 1.